The number of halogens is 2. The quantitative estimate of drug-likeness (QED) is 0.709. The van der Waals surface area contributed by atoms with Gasteiger partial charge in [-0.05, 0) is 44.7 Å². The monoisotopic (exact) mass is 294 g/mol. The zero-order valence-corrected chi connectivity index (χ0v) is 12.7. The van der Waals surface area contributed by atoms with Gasteiger partial charge in [-0.15, -0.1) is 11.6 Å². The average molecular weight is 295 g/mol. The van der Waals surface area contributed by atoms with Gasteiger partial charge < -0.3 is 4.57 Å². The zero-order chi connectivity index (χ0) is 14.3. The Hall–Kier alpha value is -1.09. The molecule has 2 unspecified atom stereocenters. The van der Waals surface area contributed by atoms with Crippen molar-refractivity contribution in [2.75, 3.05) is 0 Å². The molecule has 0 radical (unpaired) electrons. The molecule has 0 N–H and O–H groups in total. The number of benzene rings is 1. The summed E-state index contributed by atoms with van der Waals surface area (Å²) in [6.45, 7) is 4.17. The molecule has 4 heteroatoms. The van der Waals surface area contributed by atoms with Crippen LogP contribution >= 0.6 is 11.6 Å². The molecule has 1 saturated carbocycles. The number of hydrogen-bond donors (Lipinski definition) is 0. The second-order valence-corrected chi connectivity index (χ2v) is 6.53. The Labute approximate surface area is 123 Å². The number of aromatic nitrogens is 2. The summed E-state index contributed by atoms with van der Waals surface area (Å²) in [6, 6.07) is 5.19. The van der Waals surface area contributed by atoms with Crippen molar-refractivity contribution in [1.29, 1.82) is 0 Å². The fourth-order valence-electron chi connectivity index (χ4n) is 3.45. The van der Waals surface area contributed by atoms with Crippen molar-refractivity contribution in [3.63, 3.8) is 0 Å². The van der Waals surface area contributed by atoms with E-state index in [1.54, 1.807) is 0 Å². The standard InChI is InChI=1S/C16H20ClFN2/c1-10(17)16-19-14-9-13(18)7-8-15(14)20(16)11(2)12-5-3-4-6-12/h7-12H,3-6H2,1-2H3. The molecule has 1 fully saturated rings. The van der Waals surface area contributed by atoms with E-state index in [0.717, 1.165) is 11.3 Å². The molecule has 1 aliphatic rings. The maximum atomic E-state index is 13.4. The third kappa shape index (κ3) is 2.32. The molecular formula is C16H20ClFN2. The predicted octanol–water partition coefficient (Wildman–Crippen LogP) is 5.23. The highest BCUT2D eigenvalue weighted by molar-refractivity contribution is 6.20. The van der Waals surface area contributed by atoms with Crippen molar-refractivity contribution in [1.82, 2.24) is 9.55 Å². The van der Waals surface area contributed by atoms with Crippen molar-refractivity contribution in [2.45, 2.75) is 50.9 Å². The maximum Gasteiger partial charge on any atom is 0.127 e. The Balaban J connectivity index is 2.13. The van der Waals surface area contributed by atoms with E-state index in [0.29, 0.717) is 17.5 Å². The van der Waals surface area contributed by atoms with Gasteiger partial charge in [0.25, 0.3) is 0 Å². The average Bonchev–Trinajstić information content (AvgIpc) is 3.04. The highest BCUT2D eigenvalue weighted by atomic mass is 35.5. The lowest BCUT2D eigenvalue weighted by Gasteiger charge is -2.24. The molecule has 1 aromatic carbocycles. The number of fused-ring (bicyclic) bond motifs is 1. The van der Waals surface area contributed by atoms with Gasteiger partial charge in [0.15, 0.2) is 0 Å². The van der Waals surface area contributed by atoms with Crippen LogP contribution in [0.5, 0.6) is 0 Å². The summed E-state index contributed by atoms with van der Waals surface area (Å²) in [5.41, 5.74) is 1.70. The second kappa shape index (κ2) is 5.36. The Morgan fingerprint density at radius 2 is 2.00 bits per heavy atom. The highest BCUT2D eigenvalue weighted by Crippen LogP contribution is 2.38. The number of imidazole rings is 1. The molecule has 0 saturated heterocycles. The van der Waals surface area contributed by atoms with Crippen molar-refractivity contribution in [3.05, 3.63) is 29.8 Å². The summed E-state index contributed by atoms with van der Waals surface area (Å²) in [5, 5.41) is -0.172. The molecule has 2 nitrogen and oxygen atoms in total. The van der Waals surface area contributed by atoms with Crippen LogP contribution in [-0.2, 0) is 0 Å². The van der Waals surface area contributed by atoms with Crippen LogP contribution in [0, 0.1) is 11.7 Å². The fourth-order valence-corrected chi connectivity index (χ4v) is 3.60. The minimum absolute atomic E-state index is 0.172. The number of hydrogen-bond acceptors (Lipinski definition) is 1. The first kappa shape index (κ1) is 13.9. The van der Waals surface area contributed by atoms with Gasteiger partial charge in [0, 0.05) is 12.1 Å². The van der Waals surface area contributed by atoms with Crippen LogP contribution in [0.25, 0.3) is 11.0 Å². The minimum Gasteiger partial charge on any atom is -0.324 e. The first-order chi connectivity index (χ1) is 9.58. The predicted molar refractivity (Wildman–Crippen MR) is 80.6 cm³/mol. The molecule has 0 bridgehead atoms. The highest BCUT2D eigenvalue weighted by Gasteiger charge is 2.27. The van der Waals surface area contributed by atoms with Gasteiger partial charge in [0.2, 0.25) is 0 Å². The Kier molecular flexibility index (Phi) is 3.72. The molecule has 0 spiro atoms. The molecule has 20 heavy (non-hydrogen) atoms. The van der Waals surface area contributed by atoms with Crippen molar-refractivity contribution in [3.8, 4) is 0 Å². The first-order valence-corrected chi connectivity index (χ1v) is 7.83. The van der Waals surface area contributed by atoms with Crippen LogP contribution in [0.3, 0.4) is 0 Å². The number of nitrogens with zero attached hydrogens (tertiary/aromatic N) is 2. The SMILES string of the molecule is CC(Cl)c1nc2cc(F)ccc2n1C(C)C1CCCC1. The van der Waals surface area contributed by atoms with Gasteiger partial charge in [-0.1, -0.05) is 12.8 Å². The molecule has 2 aromatic rings. The topological polar surface area (TPSA) is 17.8 Å². The summed E-state index contributed by atoms with van der Waals surface area (Å²) >= 11 is 6.29. The van der Waals surface area contributed by atoms with Gasteiger partial charge in [-0.25, -0.2) is 9.37 Å². The van der Waals surface area contributed by atoms with E-state index in [9.17, 15) is 4.39 Å². The molecule has 1 aliphatic carbocycles. The minimum atomic E-state index is -0.246. The molecule has 1 aromatic heterocycles. The lowest BCUT2D eigenvalue weighted by Crippen LogP contribution is -2.17. The Bertz CT molecular complexity index is 614. The van der Waals surface area contributed by atoms with E-state index in [1.807, 2.05) is 13.0 Å². The summed E-state index contributed by atoms with van der Waals surface area (Å²) < 4.78 is 15.6. The Morgan fingerprint density at radius 3 is 2.65 bits per heavy atom. The van der Waals surface area contributed by atoms with Crippen LogP contribution in [0.1, 0.15) is 56.8 Å². The van der Waals surface area contributed by atoms with Crippen molar-refractivity contribution < 1.29 is 4.39 Å². The van der Waals surface area contributed by atoms with Gasteiger partial charge in [-0.2, -0.15) is 0 Å². The van der Waals surface area contributed by atoms with Gasteiger partial charge in [0.1, 0.15) is 11.6 Å². The Morgan fingerprint density at radius 1 is 1.30 bits per heavy atom. The lowest BCUT2D eigenvalue weighted by atomic mass is 9.99. The third-order valence-electron chi connectivity index (χ3n) is 4.52. The molecule has 3 rings (SSSR count). The lowest BCUT2D eigenvalue weighted by molar-refractivity contribution is 0.359. The van der Waals surface area contributed by atoms with Gasteiger partial charge in [-0.3, -0.25) is 0 Å². The number of alkyl halides is 1. The molecule has 2 atom stereocenters. The van der Waals surface area contributed by atoms with Crippen molar-refractivity contribution in [2.24, 2.45) is 5.92 Å². The maximum absolute atomic E-state index is 13.4. The van der Waals surface area contributed by atoms with E-state index < -0.39 is 0 Å². The van der Waals surface area contributed by atoms with E-state index in [2.05, 4.69) is 16.5 Å². The van der Waals surface area contributed by atoms with E-state index in [1.165, 1.54) is 37.8 Å². The molecular weight excluding hydrogens is 275 g/mol. The molecule has 1 heterocycles. The third-order valence-corrected chi connectivity index (χ3v) is 4.72. The van der Waals surface area contributed by atoms with Crippen molar-refractivity contribution >= 4 is 22.6 Å². The molecule has 0 amide bonds. The largest absolute Gasteiger partial charge is 0.324 e. The summed E-state index contributed by atoms with van der Waals surface area (Å²) in [4.78, 5) is 4.56. The normalized spacial score (nSPS) is 19.6. The van der Waals surface area contributed by atoms with Crippen LogP contribution in [0.2, 0.25) is 0 Å². The van der Waals surface area contributed by atoms with E-state index in [4.69, 9.17) is 11.6 Å². The van der Waals surface area contributed by atoms with Crippen LogP contribution in [-0.4, -0.2) is 9.55 Å². The van der Waals surface area contributed by atoms with Crippen LogP contribution < -0.4 is 0 Å². The van der Waals surface area contributed by atoms with E-state index in [-0.39, 0.29) is 11.2 Å². The molecule has 0 aliphatic heterocycles. The van der Waals surface area contributed by atoms with Gasteiger partial charge >= 0.3 is 0 Å². The fraction of sp³-hybridized carbons (Fsp3) is 0.562. The van der Waals surface area contributed by atoms with E-state index >= 15 is 0 Å². The van der Waals surface area contributed by atoms with Crippen LogP contribution in [0.4, 0.5) is 4.39 Å². The second-order valence-electron chi connectivity index (χ2n) is 5.87. The summed E-state index contributed by atoms with van der Waals surface area (Å²) in [7, 11) is 0. The smallest absolute Gasteiger partial charge is 0.127 e. The summed E-state index contributed by atoms with van der Waals surface area (Å²) in [6.07, 6.45) is 5.14. The number of rotatable bonds is 3. The summed E-state index contributed by atoms with van der Waals surface area (Å²) in [5.74, 6) is 1.28. The van der Waals surface area contributed by atoms with Crippen LogP contribution in [0.15, 0.2) is 18.2 Å². The molecule has 108 valence electrons. The zero-order valence-electron chi connectivity index (χ0n) is 11.9. The first-order valence-electron chi connectivity index (χ1n) is 7.39. The van der Waals surface area contributed by atoms with Gasteiger partial charge in [0.05, 0.1) is 16.4 Å².